The van der Waals surface area contributed by atoms with Gasteiger partial charge in [0.25, 0.3) is 18.2 Å². The van der Waals surface area contributed by atoms with Crippen LogP contribution < -0.4 is 11.1 Å². The number of primary amides is 1. The Morgan fingerprint density at radius 3 is 2.55 bits per heavy atom. The van der Waals surface area contributed by atoms with Gasteiger partial charge in [-0.3, -0.25) is 19.0 Å². The smallest absolute Gasteiger partial charge is 0.280 e. The van der Waals surface area contributed by atoms with Crippen molar-refractivity contribution in [3.05, 3.63) is 46.0 Å². The number of nitrogens with one attached hydrogen (secondary N) is 1. The van der Waals surface area contributed by atoms with Crippen LogP contribution in [0.25, 0.3) is 21.3 Å². The molecule has 4 rings (SSSR count). The van der Waals surface area contributed by atoms with Crippen LogP contribution in [-0.4, -0.2) is 36.4 Å². The van der Waals surface area contributed by atoms with Gasteiger partial charge in [0, 0.05) is 36.4 Å². The third-order valence-corrected chi connectivity index (χ3v) is 6.42. The summed E-state index contributed by atoms with van der Waals surface area (Å²) in [5, 5.41) is 11.6. The largest absolute Gasteiger partial charge is 0.365 e. The van der Waals surface area contributed by atoms with E-state index in [9.17, 15) is 18.4 Å². The van der Waals surface area contributed by atoms with E-state index >= 15 is 0 Å². The van der Waals surface area contributed by atoms with E-state index in [1.807, 2.05) is 13.8 Å². The van der Waals surface area contributed by atoms with Crippen LogP contribution in [-0.2, 0) is 13.6 Å². The summed E-state index contributed by atoms with van der Waals surface area (Å²) in [5.41, 5.74) is 7.79. The number of anilines is 1. The lowest BCUT2D eigenvalue weighted by atomic mass is 10.0. The third kappa shape index (κ3) is 3.86. The minimum absolute atomic E-state index is 0.0144. The number of nitrogens with zero attached hydrogens (tertiary/aromatic N) is 5. The van der Waals surface area contributed by atoms with E-state index in [2.05, 4.69) is 20.5 Å². The first-order chi connectivity index (χ1) is 15.6. The van der Waals surface area contributed by atoms with Crippen LogP contribution in [0.15, 0.2) is 18.5 Å². The van der Waals surface area contributed by atoms with Crippen molar-refractivity contribution in [3.63, 3.8) is 0 Å². The molecule has 0 aliphatic rings. The number of carbonyl (C=O) groups is 2. The molecule has 0 unspecified atom stereocenters. The molecule has 33 heavy (non-hydrogen) atoms. The molecular weight excluding hydrogens is 452 g/mol. The Morgan fingerprint density at radius 1 is 1.27 bits per heavy atom. The molecule has 0 atom stereocenters. The number of hydrogen-bond acceptors (Lipinski definition) is 6. The summed E-state index contributed by atoms with van der Waals surface area (Å²) in [5.74, 6) is -1.31. The summed E-state index contributed by atoms with van der Waals surface area (Å²) in [6, 6.07) is 1.26. The Hall–Kier alpha value is -3.67. The number of rotatable bonds is 6. The van der Waals surface area contributed by atoms with Gasteiger partial charge in [0.1, 0.15) is 15.4 Å². The topological polar surface area (TPSA) is 121 Å². The van der Waals surface area contributed by atoms with Crippen molar-refractivity contribution >= 4 is 39.1 Å². The van der Waals surface area contributed by atoms with Crippen LogP contribution in [0.3, 0.4) is 0 Å². The second-order valence-electron chi connectivity index (χ2n) is 7.46. The SMILES string of the molecule is CCn1ncc(-c2cc(C(F)F)nc3sc(C(N)=O)c(NC(=O)c4cn(C)nc4C)c23)c1C. The fourth-order valence-electron chi connectivity index (χ4n) is 3.77. The maximum absolute atomic E-state index is 13.7. The molecule has 0 aromatic carbocycles. The normalized spacial score (nSPS) is 11.5. The lowest BCUT2D eigenvalue weighted by Crippen LogP contribution is -2.17. The van der Waals surface area contributed by atoms with Crippen LogP contribution in [0.5, 0.6) is 0 Å². The number of halogens is 2. The molecule has 0 fully saturated rings. The molecule has 0 saturated heterocycles. The number of aryl methyl sites for hydroxylation is 3. The van der Waals surface area contributed by atoms with Crippen LogP contribution >= 0.6 is 11.3 Å². The molecule has 4 heterocycles. The highest BCUT2D eigenvalue weighted by Crippen LogP contribution is 2.43. The predicted molar refractivity (Wildman–Crippen MR) is 121 cm³/mol. The molecule has 0 aliphatic heterocycles. The number of nitrogens with two attached hydrogens (primary N) is 1. The Morgan fingerprint density at radius 2 is 2.00 bits per heavy atom. The Balaban J connectivity index is 1.99. The molecule has 9 nitrogen and oxygen atoms in total. The van der Waals surface area contributed by atoms with Crippen LogP contribution in [0.2, 0.25) is 0 Å². The summed E-state index contributed by atoms with van der Waals surface area (Å²) in [6.07, 6.45) is 0.290. The molecule has 0 bridgehead atoms. The number of thiophene rings is 1. The maximum Gasteiger partial charge on any atom is 0.280 e. The Kier molecular flexibility index (Phi) is 5.70. The van der Waals surface area contributed by atoms with Crippen molar-refractivity contribution in [1.29, 1.82) is 0 Å². The fourth-order valence-corrected chi connectivity index (χ4v) is 4.78. The van der Waals surface area contributed by atoms with E-state index < -0.39 is 23.9 Å². The van der Waals surface area contributed by atoms with Crippen molar-refractivity contribution in [3.8, 4) is 11.1 Å². The molecular formula is C21H21F2N7O2S. The summed E-state index contributed by atoms with van der Waals surface area (Å²) in [7, 11) is 1.68. The quantitative estimate of drug-likeness (QED) is 0.441. The lowest BCUT2D eigenvalue weighted by Gasteiger charge is -2.11. The zero-order valence-corrected chi connectivity index (χ0v) is 19.1. The number of alkyl halides is 2. The Labute approximate surface area is 191 Å². The van der Waals surface area contributed by atoms with Gasteiger partial charge in [-0.15, -0.1) is 11.3 Å². The van der Waals surface area contributed by atoms with Crippen molar-refractivity contribution in [2.75, 3.05) is 5.32 Å². The summed E-state index contributed by atoms with van der Waals surface area (Å²) in [4.78, 5) is 29.5. The number of aromatic nitrogens is 5. The number of pyridine rings is 1. The van der Waals surface area contributed by atoms with E-state index in [1.165, 1.54) is 10.7 Å². The number of carbonyl (C=O) groups excluding carboxylic acids is 2. The van der Waals surface area contributed by atoms with Crippen molar-refractivity contribution in [1.82, 2.24) is 24.5 Å². The minimum atomic E-state index is -2.83. The standard InChI is InChI=1S/C21H21F2N7O2S/c1-5-30-10(3)12(7-25-30)11-6-14(18(22)23)26-21-15(11)16(17(33-21)19(24)31)27-20(32)13-8-29(4)28-9(13)2/h6-8,18H,5H2,1-4H3,(H2,24,31)(H,27,32). The van der Waals surface area contributed by atoms with Crippen LogP contribution in [0.1, 0.15) is 50.5 Å². The summed E-state index contributed by atoms with van der Waals surface area (Å²) in [6.45, 7) is 5.99. The maximum atomic E-state index is 13.7. The number of fused-ring (bicyclic) bond motifs is 1. The second kappa shape index (κ2) is 8.35. The zero-order chi connectivity index (χ0) is 24.0. The van der Waals surface area contributed by atoms with E-state index in [-0.39, 0.29) is 15.4 Å². The molecule has 0 saturated carbocycles. The number of hydrogen-bond donors (Lipinski definition) is 2. The van der Waals surface area contributed by atoms with Crippen molar-refractivity contribution in [2.24, 2.45) is 12.8 Å². The van der Waals surface area contributed by atoms with E-state index in [1.54, 1.807) is 31.0 Å². The average molecular weight is 474 g/mol. The van der Waals surface area contributed by atoms with Crippen LogP contribution in [0, 0.1) is 13.8 Å². The van der Waals surface area contributed by atoms with E-state index in [0.29, 0.717) is 34.3 Å². The molecule has 12 heteroatoms. The predicted octanol–water partition coefficient (Wildman–Crippen LogP) is 3.82. The van der Waals surface area contributed by atoms with Crippen molar-refractivity contribution in [2.45, 2.75) is 33.7 Å². The van der Waals surface area contributed by atoms with Gasteiger partial charge >= 0.3 is 0 Å². The van der Waals surface area contributed by atoms with E-state index in [4.69, 9.17) is 5.73 Å². The number of amides is 2. The van der Waals surface area contributed by atoms with Gasteiger partial charge in [-0.25, -0.2) is 13.8 Å². The van der Waals surface area contributed by atoms with Gasteiger partial charge in [0.05, 0.1) is 23.1 Å². The van der Waals surface area contributed by atoms with Gasteiger partial charge in [-0.2, -0.15) is 10.2 Å². The van der Waals surface area contributed by atoms with Gasteiger partial charge in [0.2, 0.25) is 0 Å². The van der Waals surface area contributed by atoms with Gasteiger partial charge in [-0.05, 0) is 32.4 Å². The first kappa shape index (κ1) is 22.5. The Bertz CT molecular complexity index is 1400. The van der Waals surface area contributed by atoms with Gasteiger partial charge in [0.15, 0.2) is 0 Å². The highest BCUT2D eigenvalue weighted by atomic mass is 32.1. The molecule has 4 aromatic rings. The zero-order valence-electron chi connectivity index (χ0n) is 18.3. The highest BCUT2D eigenvalue weighted by molar-refractivity contribution is 7.21. The van der Waals surface area contributed by atoms with Crippen molar-refractivity contribution < 1.29 is 18.4 Å². The minimum Gasteiger partial charge on any atom is -0.365 e. The summed E-state index contributed by atoms with van der Waals surface area (Å²) < 4.78 is 30.5. The second-order valence-corrected chi connectivity index (χ2v) is 8.46. The molecule has 3 N–H and O–H groups in total. The first-order valence-corrected chi connectivity index (χ1v) is 10.8. The molecule has 0 radical (unpaired) electrons. The lowest BCUT2D eigenvalue weighted by molar-refractivity contribution is 0.100. The molecule has 172 valence electrons. The third-order valence-electron chi connectivity index (χ3n) is 5.32. The summed E-state index contributed by atoms with van der Waals surface area (Å²) >= 11 is 0.856. The molecule has 0 aliphatic carbocycles. The molecule has 4 aromatic heterocycles. The fraction of sp³-hybridized carbons (Fsp3) is 0.286. The first-order valence-electron chi connectivity index (χ1n) is 10.0. The average Bonchev–Trinajstić information content (AvgIpc) is 3.41. The van der Waals surface area contributed by atoms with Gasteiger partial charge < -0.3 is 11.1 Å². The molecule has 0 spiro atoms. The van der Waals surface area contributed by atoms with E-state index in [0.717, 1.165) is 17.0 Å². The van der Waals surface area contributed by atoms with Gasteiger partial charge in [-0.1, -0.05) is 0 Å². The highest BCUT2D eigenvalue weighted by Gasteiger charge is 2.27. The molecule has 2 amide bonds. The van der Waals surface area contributed by atoms with Crippen LogP contribution in [0.4, 0.5) is 14.5 Å². The monoisotopic (exact) mass is 473 g/mol.